The number of morpholine rings is 1. The summed E-state index contributed by atoms with van der Waals surface area (Å²) in [7, 11) is 0. The van der Waals surface area contributed by atoms with Crippen LogP contribution in [0.25, 0.3) is 0 Å². The smallest absolute Gasteiger partial charge is 0.334 e. The third kappa shape index (κ3) is 3.78. The minimum absolute atomic E-state index is 0.0398. The zero-order valence-electron chi connectivity index (χ0n) is 11.8. The zero-order valence-corrected chi connectivity index (χ0v) is 11.8. The van der Waals surface area contributed by atoms with E-state index in [0.29, 0.717) is 12.1 Å². The second kappa shape index (κ2) is 6.67. The molecule has 0 spiro atoms. The summed E-state index contributed by atoms with van der Waals surface area (Å²) >= 11 is 0. The third-order valence-electron chi connectivity index (χ3n) is 3.61. The van der Waals surface area contributed by atoms with Gasteiger partial charge in [0.2, 0.25) is 5.91 Å². The van der Waals surface area contributed by atoms with Crippen LogP contribution in [0.4, 0.5) is 4.39 Å². The van der Waals surface area contributed by atoms with Gasteiger partial charge in [-0.3, -0.25) is 4.79 Å². The molecule has 6 heteroatoms. The highest BCUT2D eigenvalue weighted by atomic mass is 19.1. The molecule has 2 rings (SSSR count). The number of hydrogen-bond donors (Lipinski definition) is 1. The van der Waals surface area contributed by atoms with Crippen LogP contribution in [0.15, 0.2) is 24.3 Å². The first-order valence-electron chi connectivity index (χ1n) is 6.85. The van der Waals surface area contributed by atoms with Gasteiger partial charge in [-0.25, -0.2) is 9.18 Å². The summed E-state index contributed by atoms with van der Waals surface area (Å²) < 4.78 is 18.8. The van der Waals surface area contributed by atoms with E-state index in [2.05, 4.69) is 0 Å². The molecule has 0 aliphatic carbocycles. The van der Waals surface area contributed by atoms with Crippen molar-refractivity contribution in [1.82, 2.24) is 4.90 Å². The van der Waals surface area contributed by atoms with Crippen LogP contribution in [0.2, 0.25) is 0 Å². The van der Waals surface area contributed by atoms with Crippen LogP contribution in [0.5, 0.6) is 0 Å². The summed E-state index contributed by atoms with van der Waals surface area (Å²) in [5.41, 5.74) is 0.494. The van der Waals surface area contributed by atoms with Crippen molar-refractivity contribution in [3.05, 3.63) is 35.6 Å². The largest absolute Gasteiger partial charge is 0.479 e. The number of carbonyl (C=O) groups excluding carboxylic acids is 1. The maximum Gasteiger partial charge on any atom is 0.334 e. The summed E-state index contributed by atoms with van der Waals surface area (Å²) in [4.78, 5) is 24.6. The highest BCUT2D eigenvalue weighted by molar-refractivity contribution is 5.79. The lowest BCUT2D eigenvalue weighted by molar-refractivity contribution is -0.159. The predicted molar refractivity (Wildman–Crippen MR) is 73.4 cm³/mol. The molecular formula is C15H18FNO4. The lowest BCUT2D eigenvalue weighted by atomic mass is 9.96. The molecule has 1 saturated heterocycles. The molecule has 1 aromatic carbocycles. The molecule has 1 N–H and O–H groups in total. The highest BCUT2D eigenvalue weighted by Gasteiger charge is 2.29. The van der Waals surface area contributed by atoms with E-state index in [-0.39, 0.29) is 37.2 Å². The zero-order chi connectivity index (χ0) is 15.4. The van der Waals surface area contributed by atoms with Crippen LogP contribution in [-0.2, 0) is 14.3 Å². The Labute approximate surface area is 122 Å². The molecule has 21 heavy (non-hydrogen) atoms. The van der Waals surface area contributed by atoms with Crippen molar-refractivity contribution >= 4 is 11.9 Å². The van der Waals surface area contributed by atoms with E-state index in [0.717, 1.165) is 0 Å². The van der Waals surface area contributed by atoms with E-state index >= 15 is 0 Å². The number of rotatable bonds is 4. The minimum Gasteiger partial charge on any atom is -0.479 e. The van der Waals surface area contributed by atoms with Crippen LogP contribution in [0.3, 0.4) is 0 Å². The average Bonchev–Trinajstić information content (AvgIpc) is 2.47. The second-order valence-electron chi connectivity index (χ2n) is 5.16. The van der Waals surface area contributed by atoms with Crippen LogP contribution < -0.4 is 0 Å². The van der Waals surface area contributed by atoms with Gasteiger partial charge >= 0.3 is 5.97 Å². The van der Waals surface area contributed by atoms with Crippen molar-refractivity contribution in [2.24, 2.45) is 0 Å². The Morgan fingerprint density at radius 2 is 2.19 bits per heavy atom. The number of benzene rings is 1. The molecule has 1 aliphatic rings. The Morgan fingerprint density at radius 1 is 1.48 bits per heavy atom. The Balaban J connectivity index is 1.98. The van der Waals surface area contributed by atoms with Crippen LogP contribution in [0.1, 0.15) is 24.8 Å². The first-order valence-corrected chi connectivity index (χ1v) is 6.85. The van der Waals surface area contributed by atoms with E-state index < -0.39 is 12.1 Å². The maximum absolute atomic E-state index is 13.7. The van der Waals surface area contributed by atoms with E-state index in [1.807, 2.05) is 0 Å². The van der Waals surface area contributed by atoms with Gasteiger partial charge in [-0.1, -0.05) is 25.1 Å². The monoisotopic (exact) mass is 295 g/mol. The summed E-state index contributed by atoms with van der Waals surface area (Å²) in [6.45, 7) is 2.40. The van der Waals surface area contributed by atoms with E-state index in [4.69, 9.17) is 9.84 Å². The van der Waals surface area contributed by atoms with Gasteiger partial charge in [0.1, 0.15) is 5.82 Å². The van der Waals surface area contributed by atoms with E-state index in [1.54, 1.807) is 25.1 Å². The maximum atomic E-state index is 13.7. The molecule has 0 bridgehead atoms. The topological polar surface area (TPSA) is 66.8 Å². The fraction of sp³-hybridized carbons (Fsp3) is 0.467. The quantitative estimate of drug-likeness (QED) is 0.917. The van der Waals surface area contributed by atoms with Crippen molar-refractivity contribution in [2.45, 2.75) is 25.4 Å². The van der Waals surface area contributed by atoms with Gasteiger partial charge in [0.05, 0.1) is 13.2 Å². The number of carboxylic acids is 1. The predicted octanol–water partition coefficient (Wildman–Crippen LogP) is 1.63. The van der Waals surface area contributed by atoms with Gasteiger partial charge in [-0.05, 0) is 17.5 Å². The molecule has 114 valence electrons. The molecule has 2 atom stereocenters. The molecule has 1 aliphatic heterocycles. The average molecular weight is 295 g/mol. The van der Waals surface area contributed by atoms with Gasteiger partial charge < -0.3 is 14.7 Å². The Bertz CT molecular complexity index is 534. The Kier molecular flexibility index (Phi) is 4.90. The molecule has 1 amide bonds. The van der Waals surface area contributed by atoms with Crippen molar-refractivity contribution in [3.8, 4) is 0 Å². The number of nitrogens with zero attached hydrogens (tertiary/aromatic N) is 1. The van der Waals surface area contributed by atoms with Gasteiger partial charge in [0.25, 0.3) is 0 Å². The molecule has 0 radical (unpaired) electrons. The van der Waals surface area contributed by atoms with Crippen LogP contribution >= 0.6 is 0 Å². The van der Waals surface area contributed by atoms with Gasteiger partial charge in [-0.15, -0.1) is 0 Å². The van der Waals surface area contributed by atoms with E-state index in [1.165, 1.54) is 11.0 Å². The number of hydrogen-bond acceptors (Lipinski definition) is 3. The number of carbonyl (C=O) groups is 2. The number of carboxylic acid groups (broad SMARTS) is 1. The molecular weight excluding hydrogens is 277 g/mol. The van der Waals surface area contributed by atoms with Gasteiger partial charge in [-0.2, -0.15) is 0 Å². The number of halogens is 1. The molecule has 0 aromatic heterocycles. The van der Waals surface area contributed by atoms with Crippen LogP contribution in [0, 0.1) is 5.82 Å². The van der Waals surface area contributed by atoms with Crippen molar-refractivity contribution < 1.29 is 23.8 Å². The van der Waals surface area contributed by atoms with Crippen molar-refractivity contribution in [3.63, 3.8) is 0 Å². The first kappa shape index (κ1) is 15.4. The Morgan fingerprint density at radius 3 is 2.86 bits per heavy atom. The normalized spacial score (nSPS) is 20.1. The lowest BCUT2D eigenvalue weighted by Crippen LogP contribution is -2.48. The van der Waals surface area contributed by atoms with Crippen LogP contribution in [-0.4, -0.2) is 47.7 Å². The van der Waals surface area contributed by atoms with Gasteiger partial charge in [0.15, 0.2) is 6.10 Å². The Hall–Kier alpha value is -1.95. The number of ether oxygens (including phenoxy) is 1. The lowest BCUT2D eigenvalue weighted by Gasteiger charge is -2.31. The molecule has 0 saturated carbocycles. The van der Waals surface area contributed by atoms with E-state index in [9.17, 15) is 14.0 Å². The molecule has 0 unspecified atom stereocenters. The summed E-state index contributed by atoms with van der Waals surface area (Å²) in [6, 6.07) is 6.36. The SMILES string of the molecule is C[C@H](CC(=O)N1CCO[C@@H](C(=O)O)C1)c1ccccc1F. The molecule has 1 heterocycles. The van der Waals surface area contributed by atoms with Gasteiger partial charge in [0, 0.05) is 13.0 Å². The molecule has 5 nitrogen and oxygen atoms in total. The second-order valence-corrected chi connectivity index (χ2v) is 5.16. The third-order valence-corrected chi connectivity index (χ3v) is 3.61. The van der Waals surface area contributed by atoms with Crippen molar-refractivity contribution in [1.29, 1.82) is 0 Å². The fourth-order valence-electron chi connectivity index (χ4n) is 2.40. The fourth-order valence-corrected chi connectivity index (χ4v) is 2.40. The highest BCUT2D eigenvalue weighted by Crippen LogP contribution is 2.23. The summed E-state index contributed by atoms with van der Waals surface area (Å²) in [5.74, 6) is -1.84. The summed E-state index contributed by atoms with van der Waals surface area (Å²) in [5, 5.41) is 8.92. The molecule has 1 aromatic rings. The number of aliphatic carboxylic acids is 1. The van der Waals surface area contributed by atoms with Crippen molar-refractivity contribution in [2.75, 3.05) is 19.7 Å². The standard InChI is InChI=1S/C15H18FNO4/c1-10(11-4-2-3-5-12(11)16)8-14(18)17-6-7-21-13(9-17)15(19)20/h2-5,10,13H,6-9H2,1H3,(H,19,20)/t10-,13-/m1/s1. The molecule has 1 fully saturated rings. The minimum atomic E-state index is -1.07. The summed E-state index contributed by atoms with van der Waals surface area (Å²) in [6.07, 6.45) is -0.834. The first-order chi connectivity index (χ1) is 9.99. The number of amides is 1.